The molecule has 166 valence electrons. The normalized spacial score (nSPS) is 14.8. The molecule has 0 bridgehead atoms. The number of hydrogen-bond acceptors (Lipinski definition) is 5. The molecule has 1 aromatic rings. The fraction of sp³-hybridized carbons (Fsp3) is 0.750. The van der Waals surface area contributed by atoms with Crippen LogP contribution in [0, 0.1) is 0 Å². The van der Waals surface area contributed by atoms with Crippen LogP contribution in [0.25, 0.3) is 0 Å². The molecule has 1 amide bonds. The van der Waals surface area contributed by atoms with Gasteiger partial charge >= 0.3 is 6.09 Å². The number of oxazole rings is 1. The van der Waals surface area contributed by atoms with Crippen LogP contribution in [0.3, 0.4) is 0 Å². The molecule has 1 aromatic heterocycles. The van der Waals surface area contributed by atoms with E-state index in [0.717, 1.165) is 18.6 Å². The number of carbonyl (C=O) groups excluding carboxylic acids is 1. The van der Waals surface area contributed by atoms with Gasteiger partial charge in [0.1, 0.15) is 11.4 Å². The number of guanidine groups is 1. The molecule has 0 aromatic carbocycles. The van der Waals surface area contributed by atoms with Crippen molar-refractivity contribution < 1.29 is 13.9 Å². The van der Waals surface area contributed by atoms with Crippen molar-refractivity contribution in [2.75, 3.05) is 20.1 Å². The van der Waals surface area contributed by atoms with E-state index >= 15 is 0 Å². The molecule has 2 N–H and O–H groups in total. The van der Waals surface area contributed by atoms with E-state index in [1.54, 1.807) is 18.1 Å². The Morgan fingerprint density at radius 2 is 1.93 bits per heavy atom. The number of hydrogen-bond donors (Lipinski definition) is 2. The molecule has 8 nitrogen and oxygen atoms in total. The first kappa shape index (κ1) is 25.5. The van der Waals surface area contributed by atoms with Gasteiger partial charge in [0.15, 0.2) is 5.96 Å². The highest BCUT2D eigenvalue weighted by Gasteiger charge is 2.34. The number of amides is 1. The first-order valence-corrected chi connectivity index (χ1v) is 9.89. The molecule has 0 saturated heterocycles. The van der Waals surface area contributed by atoms with Gasteiger partial charge < -0.3 is 24.7 Å². The van der Waals surface area contributed by atoms with Crippen molar-refractivity contribution in [1.29, 1.82) is 0 Å². The maximum atomic E-state index is 12.4. The lowest BCUT2D eigenvalue weighted by atomic mass is 9.94. The molecule has 0 radical (unpaired) electrons. The van der Waals surface area contributed by atoms with Crippen molar-refractivity contribution >= 4 is 36.0 Å². The number of nitrogens with zero attached hydrogens (tertiary/aromatic N) is 3. The van der Waals surface area contributed by atoms with Gasteiger partial charge in [0.2, 0.25) is 5.89 Å². The van der Waals surface area contributed by atoms with Crippen molar-refractivity contribution in [2.45, 2.75) is 78.0 Å². The number of ether oxygens (including phenoxy) is 1. The molecule has 1 aliphatic carbocycles. The summed E-state index contributed by atoms with van der Waals surface area (Å²) in [6.45, 7) is 13.5. The zero-order chi connectivity index (χ0) is 20.9. The van der Waals surface area contributed by atoms with Crippen molar-refractivity contribution in [1.82, 2.24) is 20.5 Å². The Labute approximate surface area is 191 Å². The third kappa shape index (κ3) is 8.79. The Morgan fingerprint density at radius 1 is 1.28 bits per heavy atom. The smallest absolute Gasteiger partial charge is 0.410 e. The van der Waals surface area contributed by atoms with E-state index in [9.17, 15) is 4.79 Å². The van der Waals surface area contributed by atoms with Gasteiger partial charge in [-0.15, -0.1) is 24.0 Å². The van der Waals surface area contributed by atoms with Crippen LogP contribution >= 0.6 is 24.0 Å². The molecule has 1 saturated carbocycles. The van der Waals surface area contributed by atoms with Crippen LogP contribution < -0.4 is 10.6 Å². The molecule has 9 heteroatoms. The van der Waals surface area contributed by atoms with Crippen molar-refractivity contribution in [2.24, 2.45) is 4.99 Å². The molecule has 2 rings (SSSR count). The minimum Gasteiger partial charge on any atom is -0.444 e. The van der Waals surface area contributed by atoms with E-state index in [0.29, 0.717) is 31.5 Å². The summed E-state index contributed by atoms with van der Waals surface area (Å²) in [5.74, 6) is 2.10. The summed E-state index contributed by atoms with van der Waals surface area (Å²) in [6.07, 6.45) is 3.58. The quantitative estimate of drug-likeness (QED) is 0.338. The van der Waals surface area contributed by atoms with E-state index in [1.807, 2.05) is 20.8 Å². The summed E-state index contributed by atoms with van der Waals surface area (Å²) in [7, 11) is 1.71. The fourth-order valence-corrected chi connectivity index (χ4v) is 2.54. The standard InChI is InChI=1S/C20H35N5O3.HI/c1-19(2,3)15-12-23-16(27-15)13-24-17(21-7)22-10-11-25(14-8-9-14)18(26)28-20(4,5)6;/h12,14H,8-11,13H2,1-7H3,(H2,21,22,24);1H. The summed E-state index contributed by atoms with van der Waals surface area (Å²) in [5.41, 5.74) is -0.559. The summed E-state index contributed by atoms with van der Waals surface area (Å²) in [4.78, 5) is 22.7. The van der Waals surface area contributed by atoms with Gasteiger partial charge in [0.25, 0.3) is 0 Å². The average Bonchev–Trinajstić information content (AvgIpc) is 3.27. The fourth-order valence-electron chi connectivity index (χ4n) is 2.54. The monoisotopic (exact) mass is 521 g/mol. The minimum absolute atomic E-state index is 0. The Hall–Kier alpha value is -1.52. The second-order valence-electron chi connectivity index (χ2n) is 9.13. The Kier molecular flexibility index (Phi) is 9.23. The number of aromatic nitrogens is 1. The van der Waals surface area contributed by atoms with Gasteiger partial charge in [-0.05, 0) is 33.6 Å². The van der Waals surface area contributed by atoms with E-state index in [4.69, 9.17) is 9.15 Å². The lowest BCUT2D eigenvalue weighted by Crippen LogP contribution is -2.45. The highest BCUT2D eigenvalue weighted by atomic mass is 127. The number of nitrogens with one attached hydrogen (secondary N) is 2. The predicted octanol–water partition coefficient (Wildman–Crippen LogP) is 3.65. The van der Waals surface area contributed by atoms with Crippen LogP contribution in [-0.2, 0) is 16.7 Å². The van der Waals surface area contributed by atoms with Gasteiger partial charge in [-0.3, -0.25) is 4.99 Å². The molecule has 0 atom stereocenters. The van der Waals surface area contributed by atoms with E-state index in [2.05, 4.69) is 41.4 Å². The van der Waals surface area contributed by atoms with Crippen molar-refractivity contribution in [3.63, 3.8) is 0 Å². The molecule has 1 aliphatic rings. The van der Waals surface area contributed by atoms with Gasteiger partial charge in [0.05, 0.1) is 12.7 Å². The molecule has 0 aliphatic heterocycles. The van der Waals surface area contributed by atoms with Crippen LogP contribution in [0.1, 0.15) is 66.0 Å². The second-order valence-corrected chi connectivity index (χ2v) is 9.13. The second kappa shape index (κ2) is 10.5. The van der Waals surface area contributed by atoms with Crippen LogP contribution in [0.4, 0.5) is 4.79 Å². The maximum absolute atomic E-state index is 12.4. The van der Waals surface area contributed by atoms with Gasteiger partial charge in [-0.25, -0.2) is 9.78 Å². The average molecular weight is 521 g/mol. The van der Waals surface area contributed by atoms with Gasteiger partial charge in [-0.1, -0.05) is 20.8 Å². The van der Waals surface area contributed by atoms with Crippen LogP contribution in [0.15, 0.2) is 15.6 Å². The van der Waals surface area contributed by atoms with Crippen LogP contribution in [-0.4, -0.2) is 53.7 Å². The number of aliphatic imine (C=N–C) groups is 1. The highest BCUT2D eigenvalue weighted by Crippen LogP contribution is 2.28. The molecule has 0 unspecified atom stereocenters. The number of rotatable bonds is 6. The minimum atomic E-state index is -0.489. The number of carbonyl (C=O) groups is 1. The summed E-state index contributed by atoms with van der Waals surface area (Å²) < 4.78 is 11.3. The Bertz CT molecular complexity index is 687. The molecular weight excluding hydrogens is 485 g/mol. The van der Waals surface area contributed by atoms with Gasteiger partial charge in [-0.2, -0.15) is 0 Å². The van der Waals surface area contributed by atoms with E-state index < -0.39 is 5.60 Å². The zero-order valence-corrected chi connectivity index (χ0v) is 21.0. The molecule has 0 spiro atoms. The topological polar surface area (TPSA) is 92.0 Å². The largest absolute Gasteiger partial charge is 0.444 e. The predicted molar refractivity (Wildman–Crippen MR) is 125 cm³/mol. The van der Waals surface area contributed by atoms with Gasteiger partial charge in [0, 0.05) is 31.6 Å². The van der Waals surface area contributed by atoms with E-state index in [1.165, 1.54) is 0 Å². The highest BCUT2D eigenvalue weighted by molar-refractivity contribution is 14.0. The maximum Gasteiger partial charge on any atom is 0.410 e. The third-order valence-electron chi connectivity index (χ3n) is 4.18. The molecule has 1 fully saturated rings. The van der Waals surface area contributed by atoms with Crippen LogP contribution in [0.2, 0.25) is 0 Å². The summed E-state index contributed by atoms with van der Waals surface area (Å²) in [6, 6.07) is 0.287. The SMILES string of the molecule is CN=C(NCCN(C(=O)OC(C)(C)C)C1CC1)NCc1ncc(C(C)(C)C)o1.I. The Balaban J connectivity index is 0.00000420. The molecule has 29 heavy (non-hydrogen) atoms. The van der Waals surface area contributed by atoms with Crippen molar-refractivity contribution in [3.8, 4) is 0 Å². The summed E-state index contributed by atoms with van der Waals surface area (Å²) >= 11 is 0. The number of halogens is 1. The summed E-state index contributed by atoms with van der Waals surface area (Å²) in [5, 5.41) is 6.41. The molecule has 1 heterocycles. The lowest BCUT2D eigenvalue weighted by molar-refractivity contribution is 0.0238. The lowest BCUT2D eigenvalue weighted by Gasteiger charge is -2.27. The van der Waals surface area contributed by atoms with Crippen molar-refractivity contribution in [3.05, 3.63) is 17.8 Å². The first-order chi connectivity index (χ1) is 13.0. The van der Waals surface area contributed by atoms with Crippen LogP contribution in [0.5, 0.6) is 0 Å². The van der Waals surface area contributed by atoms with E-state index in [-0.39, 0.29) is 41.5 Å². The zero-order valence-electron chi connectivity index (χ0n) is 18.7. The first-order valence-electron chi connectivity index (χ1n) is 9.89. The Morgan fingerprint density at radius 3 is 2.41 bits per heavy atom. The third-order valence-corrected chi connectivity index (χ3v) is 4.18. The molecular formula is C20H36IN5O3.